The molecule has 0 spiro atoms. The van der Waals surface area contributed by atoms with Gasteiger partial charge in [-0.1, -0.05) is 13.8 Å². The summed E-state index contributed by atoms with van der Waals surface area (Å²) in [4.78, 5) is 2.26. The van der Waals surface area contributed by atoms with Gasteiger partial charge in [0.05, 0.1) is 11.4 Å². The topological polar surface area (TPSA) is 47.1 Å². The first-order chi connectivity index (χ1) is 7.02. The Balaban J connectivity index is 2.37. The molecule has 4 nitrogen and oxygen atoms in total. The lowest BCUT2D eigenvalue weighted by Crippen LogP contribution is -2.23. The molecule has 1 saturated carbocycles. The van der Waals surface area contributed by atoms with Gasteiger partial charge in [-0.3, -0.25) is 4.68 Å². The van der Waals surface area contributed by atoms with Crippen LogP contribution < -0.4 is 10.6 Å². The van der Waals surface area contributed by atoms with E-state index in [-0.39, 0.29) is 0 Å². The van der Waals surface area contributed by atoms with Crippen LogP contribution in [0.15, 0.2) is 0 Å². The van der Waals surface area contributed by atoms with E-state index in [1.807, 2.05) is 11.7 Å². The number of nitrogens with zero attached hydrogens (tertiary/aromatic N) is 3. The number of anilines is 2. The summed E-state index contributed by atoms with van der Waals surface area (Å²) in [6.07, 6.45) is 2.55. The Labute approximate surface area is 91.1 Å². The van der Waals surface area contributed by atoms with Crippen LogP contribution in [-0.4, -0.2) is 22.9 Å². The summed E-state index contributed by atoms with van der Waals surface area (Å²) < 4.78 is 1.91. The minimum Gasteiger partial charge on any atom is -0.394 e. The number of hydrogen-bond donors (Lipinski definition) is 1. The average Bonchev–Trinajstić information content (AvgIpc) is 2.92. The molecule has 0 saturated heterocycles. The van der Waals surface area contributed by atoms with Gasteiger partial charge in [0.25, 0.3) is 0 Å². The van der Waals surface area contributed by atoms with Gasteiger partial charge in [0.15, 0.2) is 0 Å². The van der Waals surface area contributed by atoms with Crippen LogP contribution in [0.5, 0.6) is 0 Å². The highest BCUT2D eigenvalue weighted by Gasteiger charge is 2.30. The molecule has 1 aromatic heterocycles. The molecule has 1 heterocycles. The first-order valence-electron chi connectivity index (χ1n) is 5.57. The normalized spacial score (nSPS) is 16.1. The van der Waals surface area contributed by atoms with E-state index < -0.39 is 0 Å². The van der Waals surface area contributed by atoms with Crippen LogP contribution in [0.1, 0.15) is 38.3 Å². The van der Waals surface area contributed by atoms with Crippen molar-refractivity contribution in [3.63, 3.8) is 0 Å². The maximum Gasteiger partial charge on any atom is 0.150 e. The number of nitrogen functional groups attached to an aromatic ring is 1. The lowest BCUT2D eigenvalue weighted by atomic mass is 10.1. The Hall–Kier alpha value is -1.19. The number of nitrogens with two attached hydrogens (primary N) is 1. The van der Waals surface area contributed by atoms with Crippen LogP contribution in [0.4, 0.5) is 11.5 Å². The van der Waals surface area contributed by atoms with Crippen molar-refractivity contribution in [1.82, 2.24) is 9.78 Å². The van der Waals surface area contributed by atoms with Gasteiger partial charge in [-0.15, -0.1) is 0 Å². The molecule has 1 fully saturated rings. The van der Waals surface area contributed by atoms with Crippen molar-refractivity contribution in [1.29, 1.82) is 0 Å². The maximum absolute atomic E-state index is 6.15. The van der Waals surface area contributed by atoms with Gasteiger partial charge in [-0.25, -0.2) is 0 Å². The van der Waals surface area contributed by atoms with Crippen LogP contribution >= 0.6 is 0 Å². The van der Waals surface area contributed by atoms with Crippen molar-refractivity contribution in [2.75, 3.05) is 17.7 Å². The SMILES string of the molecule is CC(C)c1nn(C)c(N(C)C2CC2)c1N. The Bertz CT molecular complexity index is 363. The summed E-state index contributed by atoms with van der Waals surface area (Å²) in [6, 6.07) is 0.669. The van der Waals surface area contributed by atoms with Gasteiger partial charge in [-0.05, 0) is 18.8 Å². The number of aromatic nitrogens is 2. The van der Waals surface area contributed by atoms with Crippen molar-refractivity contribution in [3.8, 4) is 0 Å². The maximum atomic E-state index is 6.15. The molecular formula is C11H20N4. The monoisotopic (exact) mass is 208 g/mol. The molecule has 84 valence electrons. The van der Waals surface area contributed by atoms with Crippen LogP contribution in [-0.2, 0) is 7.05 Å². The summed E-state index contributed by atoms with van der Waals surface area (Å²) in [5.74, 6) is 1.46. The molecule has 0 aromatic carbocycles. The second-order valence-corrected chi connectivity index (χ2v) is 4.74. The first-order valence-corrected chi connectivity index (χ1v) is 5.57. The predicted octanol–water partition coefficient (Wildman–Crippen LogP) is 1.72. The third-order valence-electron chi connectivity index (χ3n) is 3.06. The van der Waals surface area contributed by atoms with Crippen molar-refractivity contribution in [3.05, 3.63) is 5.69 Å². The van der Waals surface area contributed by atoms with Crippen LogP contribution in [0.3, 0.4) is 0 Å². The molecule has 1 aliphatic carbocycles. The summed E-state index contributed by atoms with van der Waals surface area (Å²) in [7, 11) is 4.08. The van der Waals surface area contributed by atoms with Crippen LogP contribution in [0, 0.1) is 0 Å². The van der Waals surface area contributed by atoms with E-state index in [2.05, 4.69) is 30.9 Å². The van der Waals surface area contributed by atoms with E-state index in [9.17, 15) is 0 Å². The Morgan fingerprint density at radius 2 is 2.07 bits per heavy atom. The lowest BCUT2D eigenvalue weighted by molar-refractivity contribution is 0.697. The molecule has 0 atom stereocenters. The molecule has 2 rings (SSSR count). The predicted molar refractivity (Wildman–Crippen MR) is 63.1 cm³/mol. The molecule has 0 radical (unpaired) electrons. The van der Waals surface area contributed by atoms with Crippen molar-refractivity contribution >= 4 is 11.5 Å². The molecular weight excluding hydrogens is 188 g/mol. The molecule has 0 bridgehead atoms. The van der Waals surface area contributed by atoms with Gasteiger partial charge >= 0.3 is 0 Å². The quantitative estimate of drug-likeness (QED) is 0.822. The number of rotatable bonds is 3. The summed E-state index contributed by atoms with van der Waals surface area (Å²) >= 11 is 0. The van der Waals surface area contributed by atoms with E-state index in [1.165, 1.54) is 12.8 Å². The van der Waals surface area contributed by atoms with Gasteiger partial charge in [0.2, 0.25) is 0 Å². The van der Waals surface area contributed by atoms with Crippen molar-refractivity contribution in [2.24, 2.45) is 7.05 Å². The molecule has 4 heteroatoms. The molecule has 15 heavy (non-hydrogen) atoms. The third kappa shape index (κ3) is 1.68. The summed E-state index contributed by atoms with van der Waals surface area (Å²) in [5, 5.41) is 4.49. The van der Waals surface area contributed by atoms with E-state index in [0.29, 0.717) is 12.0 Å². The lowest BCUT2D eigenvalue weighted by Gasteiger charge is -2.19. The molecule has 0 aliphatic heterocycles. The van der Waals surface area contributed by atoms with Gasteiger partial charge in [0.1, 0.15) is 5.82 Å². The minimum atomic E-state index is 0.387. The van der Waals surface area contributed by atoms with Crippen molar-refractivity contribution in [2.45, 2.75) is 38.6 Å². The zero-order chi connectivity index (χ0) is 11.2. The van der Waals surface area contributed by atoms with E-state index in [0.717, 1.165) is 17.2 Å². The first kappa shape index (κ1) is 10.3. The highest BCUT2D eigenvalue weighted by Crippen LogP contribution is 2.36. The van der Waals surface area contributed by atoms with Crippen LogP contribution in [0.25, 0.3) is 0 Å². The third-order valence-corrected chi connectivity index (χ3v) is 3.06. The molecule has 0 unspecified atom stereocenters. The molecule has 2 N–H and O–H groups in total. The number of hydrogen-bond acceptors (Lipinski definition) is 3. The Kier molecular flexibility index (Phi) is 2.37. The van der Waals surface area contributed by atoms with E-state index in [1.54, 1.807) is 0 Å². The highest BCUT2D eigenvalue weighted by atomic mass is 15.4. The zero-order valence-electron chi connectivity index (χ0n) is 9.99. The standard InChI is InChI=1S/C11H20N4/c1-7(2)10-9(12)11(15(4)13-10)14(3)8-5-6-8/h7-8H,5-6,12H2,1-4H3. The Morgan fingerprint density at radius 1 is 1.47 bits per heavy atom. The fraction of sp³-hybridized carbons (Fsp3) is 0.727. The van der Waals surface area contributed by atoms with E-state index in [4.69, 9.17) is 5.73 Å². The highest BCUT2D eigenvalue weighted by molar-refractivity contribution is 5.67. The summed E-state index contributed by atoms with van der Waals surface area (Å²) in [5.41, 5.74) is 8.01. The smallest absolute Gasteiger partial charge is 0.150 e. The zero-order valence-corrected chi connectivity index (χ0v) is 9.99. The van der Waals surface area contributed by atoms with Gasteiger partial charge in [-0.2, -0.15) is 5.10 Å². The fourth-order valence-corrected chi connectivity index (χ4v) is 2.03. The molecule has 1 aromatic rings. The largest absolute Gasteiger partial charge is 0.394 e. The second kappa shape index (κ2) is 3.43. The van der Waals surface area contributed by atoms with E-state index >= 15 is 0 Å². The number of aryl methyl sites for hydroxylation is 1. The van der Waals surface area contributed by atoms with Crippen LogP contribution in [0.2, 0.25) is 0 Å². The Morgan fingerprint density at radius 3 is 2.47 bits per heavy atom. The fourth-order valence-electron chi connectivity index (χ4n) is 2.03. The van der Waals surface area contributed by atoms with Crippen molar-refractivity contribution < 1.29 is 0 Å². The van der Waals surface area contributed by atoms with Gasteiger partial charge in [0, 0.05) is 20.1 Å². The molecule has 1 aliphatic rings. The minimum absolute atomic E-state index is 0.387. The summed E-state index contributed by atoms with van der Waals surface area (Å²) in [6.45, 7) is 4.25. The van der Waals surface area contributed by atoms with Gasteiger partial charge < -0.3 is 10.6 Å². The molecule has 0 amide bonds. The second-order valence-electron chi connectivity index (χ2n) is 4.74. The average molecular weight is 208 g/mol.